The van der Waals surface area contributed by atoms with E-state index in [9.17, 15) is 0 Å². The minimum absolute atomic E-state index is 0.217. The molecule has 14 nitrogen and oxygen atoms in total. The molecule has 4 aromatic carbocycles. The number of anilines is 3. The van der Waals surface area contributed by atoms with Gasteiger partial charge in [0.15, 0.2) is 34.0 Å². The standard InChI is InChI=1S/C26H31N7.C20H18ClN5.C6H14N2/c1-2-33-17-29-23-24(31-26(32-25(23)33)30-22-14-12-21(27)13-15-22)28-16-18-8-10-20(11-9-18)19-6-4-3-5-7-19;1-2-26-13-23-17-18(24-20(21)25-19(17)26)22-12-14-8-10-16(11-9-14)15-6-4-3-5-7-15;7-5-1-2-6(8)4-3-5/h3-11,17,21-22H,2,12-16,27H2,1H3,(H2,28,30,31,32);3-11,13H,2,12H2,1H3,(H,22,24,25);5-6H,1-4,7-8H2. The number of rotatable bonds is 12. The minimum atomic E-state index is 0.217. The highest BCUT2D eigenvalue weighted by Gasteiger charge is 2.21. The summed E-state index contributed by atoms with van der Waals surface area (Å²) < 4.78 is 4.00. The highest BCUT2D eigenvalue weighted by Crippen LogP contribution is 2.27. The molecule has 2 fully saturated rings. The molecule has 4 aromatic heterocycles. The van der Waals surface area contributed by atoms with E-state index >= 15 is 0 Å². The number of hydrogen-bond donors (Lipinski definition) is 6. The zero-order valence-corrected chi connectivity index (χ0v) is 39.3. The van der Waals surface area contributed by atoms with Gasteiger partial charge in [0, 0.05) is 50.3 Å². The lowest BCUT2D eigenvalue weighted by molar-refractivity contribution is 0.395. The van der Waals surface area contributed by atoms with Gasteiger partial charge < -0.3 is 42.3 Å². The average molecular weight is 920 g/mol. The number of aromatic nitrogens is 8. The van der Waals surface area contributed by atoms with Crippen molar-refractivity contribution in [2.24, 2.45) is 17.2 Å². The Bertz CT molecular complexity index is 2750. The molecular weight excluding hydrogens is 856 g/mol. The van der Waals surface area contributed by atoms with Gasteiger partial charge in [-0.05, 0) is 110 Å². The Balaban J connectivity index is 0.000000159. The molecule has 0 unspecified atom stereocenters. The molecule has 9 N–H and O–H groups in total. The zero-order valence-electron chi connectivity index (χ0n) is 38.5. The fourth-order valence-electron chi connectivity index (χ4n) is 8.49. The third-order valence-corrected chi connectivity index (χ3v) is 12.7. The Morgan fingerprint density at radius 1 is 0.507 bits per heavy atom. The molecule has 0 amide bonds. The molecule has 10 rings (SSSR count). The summed E-state index contributed by atoms with van der Waals surface area (Å²) >= 11 is 6.08. The molecule has 0 atom stereocenters. The first kappa shape index (κ1) is 47.1. The molecule has 0 saturated heterocycles. The molecule has 348 valence electrons. The predicted molar refractivity (Wildman–Crippen MR) is 274 cm³/mol. The molecule has 0 radical (unpaired) electrons. The first-order chi connectivity index (χ1) is 32.7. The molecule has 2 aliphatic rings. The van der Waals surface area contributed by atoms with Crippen LogP contribution in [0.1, 0.15) is 76.3 Å². The Morgan fingerprint density at radius 3 is 1.36 bits per heavy atom. The van der Waals surface area contributed by atoms with E-state index in [0.29, 0.717) is 49.0 Å². The highest BCUT2D eigenvalue weighted by atomic mass is 35.5. The van der Waals surface area contributed by atoms with Gasteiger partial charge in [-0.1, -0.05) is 109 Å². The second-order valence-corrected chi connectivity index (χ2v) is 17.7. The van der Waals surface area contributed by atoms with E-state index in [1.54, 1.807) is 6.33 Å². The van der Waals surface area contributed by atoms with Gasteiger partial charge in [0.1, 0.15) is 0 Å². The molecule has 0 spiro atoms. The normalized spacial score (nSPS) is 18.1. The number of nitrogens with two attached hydrogens (primary N) is 3. The van der Waals surface area contributed by atoms with Gasteiger partial charge in [-0.2, -0.15) is 19.9 Å². The van der Waals surface area contributed by atoms with Crippen LogP contribution in [0.2, 0.25) is 5.28 Å². The van der Waals surface area contributed by atoms with Crippen LogP contribution in [-0.4, -0.2) is 63.2 Å². The van der Waals surface area contributed by atoms with E-state index < -0.39 is 0 Å². The maximum absolute atomic E-state index is 6.08. The number of halogens is 1. The summed E-state index contributed by atoms with van der Waals surface area (Å²) in [7, 11) is 0. The van der Waals surface area contributed by atoms with Crippen LogP contribution in [0.3, 0.4) is 0 Å². The van der Waals surface area contributed by atoms with Crippen molar-refractivity contribution >= 4 is 51.5 Å². The maximum Gasteiger partial charge on any atom is 0.227 e. The zero-order chi connectivity index (χ0) is 46.5. The van der Waals surface area contributed by atoms with E-state index in [0.717, 1.165) is 98.2 Å². The minimum Gasteiger partial charge on any atom is -0.364 e. The maximum atomic E-state index is 6.08. The molecule has 2 saturated carbocycles. The molecule has 4 heterocycles. The first-order valence-corrected chi connectivity index (χ1v) is 24.0. The SMILES string of the molecule is CCn1cnc2c(NCc3ccc(-c4ccccc4)cc3)nc(Cl)nc21.CCn1cnc2c(NCc3ccc(-c4ccccc4)cc3)nc(NC3CCC(N)CC3)nc21.NC1CCC(N)CC1. The summed E-state index contributed by atoms with van der Waals surface area (Å²) in [5, 5.41) is 10.6. The van der Waals surface area contributed by atoms with Crippen molar-refractivity contribution in [2.75, 3.05) is 16.0 Å². The number of fused-ring (bicyclic) bond motifs is 2. The van der Waals surface area contributed by atoms with Crippen LogP contribution < -0.4 is 33.2 Å². The summed E-state index contributed by atoms with van der Waals surface area (Å²) in [6.45, 7) is 7.03. The summed E-state index contributed by atoms with van der Waals surface area (Å²) in [6, 6.07) is 39.4. The summed E-state index contributed by atoms with van der Waals surface area (Å²) in [4.78, 5) is 27.2. The summed E-state index contributed by atoms with van der Waals surface area (Å²) in [5.74, 6) is 2.06. The van der Waals surface area contributed by atoms with Crippen molar-refractivity contribution in [2.45, 2.75) is 116 Å². The third kappa shape index (κ3) is 12.5. The van der Waals surface area contributed by atoms with E-state index in [1.807, 2.05) is 42.1 Å². The number of aryl methyl sites for hydroxylation is 2. The third-order valence-electron chi connectivity index (χ3n) is 12.5. The number of nitrogens with one attached hydrogen (secondary N) is 3. The van der Waals surface area contributed by atoms with Crippen molar-refractivity contribution in [3.8, 4) is 22.3 Å². The van der Waals surface area contributed by atoms with E-state index in [2.05, 4.69) is 132 Å². The number of nitrogens with zero attached hydrogens (tertiary/aromatic N) is 8. The van der Waals surface area contributed by atoms with Crippen molar-refractivity contribution < 1.29 is 0 Å². The molecule has 0 bridgehead atoms. The van der Waals surface area contributed by atoms with Crippen LogP contribution in [0.15, 0.2) is 122 Å². The first-order valence-electron chi connectivity index (χ1n) is 23.6. The lowest BCUT2D eigenvalue weighted by atomic mass is 9.92. The lowest BCUT2D eigenvalue weighted by Gasteiger charge is -2.26. The van der Waals surface area contributed by atoms with Crippen LogP contribution in [0.25, 0.3) is 44.6 Å². The Morgan fingerprint density at radius 2 is 0.910 bits per heavy atom. The van der Waals surface area contributed by atoms with Crippen LogP contribution in [0.4, 0.5) is 17.6 Å². The van der Waals surface area contributed by atoms with Gasteiger partial charge in [-0.3, -0.25) is 0 Å². The second-order valence-electron chi connectivity index (χ2n) is 17.4. The largest absolute Gasteiger partial charge is 0.364 e. The van der Waals surface area contributed by atoms with Gasteiger partial charge in [-0.25, -0.2) is 9.97 Å². The van der Waals surface area contributed by atoms with Gasteiger partial charge in [0.05, 0.1) is 12.7 Å². The summed E-state index contributed by atoms with van der Waals surface area (Å²) in [5.41, 5.74) is 27.7. The summed E-state index contributed by atoms with van der Waals surface area (Å²) in [6.07, 6.45) is 12.3. The van der Waals surface area contributed by atoms with Crippen LogP contribution in [-0.2, 0) is 26.2 Å². The Labute approximate surface area is 398 Å². The van der Waals surface area contributed by atoms with Crippen molar-refractivity contribution in [1.82, 2.24) is 39.0 Å². The lowest BCUT2D eigenvalue weighted by Crippen LogP contribution is -2.33. The Hall–Kier alpha value is -6.45. The molecular formula is C52H63ClN14. The predicted octanol–water partition coefficient (Wildman–Crippen LogP) is 9.80. The molecule has 67 heavy (non-hydrogen) atoms. The average Bonchev–Trinajstić information content (AvgIpc) is 3.99. The highest BCUT2D eigenvalue weighted by molar-refractivity contribution is 6.28. The number of imidazole rings is 2. The van der Waals surface area contributed by atoms with Crippen molar-refractivity contribution in [1.29, 1.82) is 0 Å². The van der Waals surface area contributed by atoms with E-state index in [-0.39, 0.29) is 5.28 Å². The van der Waals surface area contributed by atoms with Crippen LogP contribution in [0.5, 0.6) is 0 Å². The van der Waals surface area contributed by atoms with Crippen LogP contribution in [0, 0.1) is 0 Å². The fraction of sp³-hybridized carbons (Fsp3) is 0.346. The van der Waals surface area contributed by atoms with E-state index in [4.69, 9.17) is 38.8 Å². The second kappa shape index (κ2) is 22.8. The molecule has 15 heteroatoms. The van der Waals surface area contributed by atoms with Crippen molar-refractivity contribution in [3.05, 3.63) is 138 Å². The Kier molecular flexibility index (Phi) is 16.0. The van der Waals surface area contributed by atoms with E-state index in [1.165, 1.54) is 27.8 Å². The molecule has 2 aliphatic carbocycles. The topological polar surface area (TPSA) is 201 Å². The van der Waals surface area contributed by atoms with Gasteiger partial charge in [0.25, 0.3) is 0 Å². The smallest absolute Gasteiger partial charge is 0.227 e. The molecule has 8 aromatic rings. The number of benzene rings is 4. The van der Waals surface area contributed by atoms with Gasteiger partial charge in [0.2, 0.25) is 11.2 Å². The van der Waals surface area contributed by atoms with Gasteiger partial charge >= 0.3 is 0 Å². The monoisotopic (exact) mass is 919 g/mol. The number of hydrogen-bond acceptors (Lipinski definition) is 12. The molecule has 0 aliphatic heterocycles. The van der Waals surface area contributed by atoms with Crippen LogP contribution >= 0.6 is 11.6 Å². The quantitative estimate of drug-likeness (QED) is 0.0635. The fourth-order valence-corrected chi connectivity index (χ4v) is 8.65. The van der Waals surface area contributed by atoms with Gasteiger partial charge in [-0.15, -0.1) is 0 Å². The van der Waals surface area contributed by atoms with Crippen molar-refractivity contribution in [3.63, 3.8) is 0 Å².